The normalized spacial score (nSPS) is 48.0. The van der Waals surface area contributed by atoms with E-state index in [9.17, 15) is 0 Å². The minimum Gasteiger partial charge on any atom is -0.0947 e. The molecular formula is C60H76P2. The van der Waals surface area contributed by atoms with E-state index in [0.29, 0.717) is 0 Å². The zero-order chi connectivity index (χ0) is 40.2. The van der Waals surface area contributed by atoms with Gasteiger partial charge in [0.2, 0.25) is 0 Å². The molecule has 16 fully saturated rings. The Morgan fingerprint density at radius 3 is 0.742 bits per heavy atom. The lowest BCUT2D eigenvalue weighted by molar-refractivity contribution is 0.0127. The third kappa shape index (κ3) is 6.36. The van der Waals surface area contributed by atoms with Gasteiger partial charge >= 0.3 is 0 Å². The van der Waals surface area contributed by atoms with Crippen LogP contribution in [0.1, 0.15) is 140 Å². The molecule has 0 unspecified atom stereocenters. The Morgan fingerprint density at radius 2 is 0.516 bits per heavy atom. The molecule has 0 spiro atoms. The second kappa shape index (κ2) is 15.0. The molecule has 0 aromatic heterocycles. The second-order valence-electron chi connectivity index (χ2n) is 25.9. The van der Waals surface area contributed by atoms with E-state index in [1.807, 2.05) is 11.1 Å². The van der Waals surface area contributed by atoms with Crippen LogP contribution in [0.25, 0.3) is 22.3 Å². The van der Waals surface area contributed by atoms with Crippen LogP contribution in [0.2, 0.25) is 0 Å². The van der Waals surface area contributed by atoms with Crippen LogP contribution >= 0.6 is 15.8 Å². The first-order chi connectivity index (χ1) is 30.6. The van der Waals surface area contributed by atoms with Crippen molar-refractivity contribution in [2.75, 3.05) is 0 Å². The summed E-state index contributed by atoms with van der Waals surface area (Å²) in [5.74, 6) is 17.2. The Bertz CT molecular complexity index is 1800. The molecule has 16 saturated carbocycles. The SMILES string of the molecule is c1ccc(-c2cc(CP(C3C4CC5CC(C4)CC3C5)C3C4CC5CC(C4)CC3C5)c(CP(C3C4CC5CC(C4)CC3C5)C3C4CC5CC(C4)CC3C5)cc2-c2ccccc2)cc1. The zero-order valence-electron chi connectivity index (χ0n) is 37.9. The van der Waals surface area contributed by atoms with Crippen molar-refractivity contribution in [3.63, 3.8) is 0 Å². The fraction of sp³-hybridized carbons (Fsp3) is 0.700. The van der Waals surface area contributed by atoms with Crippen molar-refractivity contribution in [3.05, 3.63) is 83.9 Å². The van der Waals surface area contributed by atoms with Gasteiger partial charge in [-0.05, 0) is 304 Å². The average molecular weight is 859 g/mol. The van der Waals surface area contributed by atoms with Crippen LogP contribution in [0.15, 0.2) is 72.8 Å². The van der Waals surface area contributed by atoms with Gasteiger partial charge in [0.15, 0.2) is 0 Å². The van der Waals surface area contributed by atoms with Crippen molar-refractivity contribution in [2.45, 2.75) is 163 Å². The Morgan fingerprint density at radius 1 is 0.290 bits per heavy atom. The van der Waals surface area contributed by atoms with E-state index in [1.54, 1.807) is 140 Å². The van der Waals surface area contributed by atoms with Crippen molar-refractivity contribution in [1.82, 2.24) is 0 Å². The Labute approximate surface area is 378 Å². The summed E-state index contributed by atoms with van der Waals surface area (Å²) in [6.45, 7) is 0. The monoisotopic (exact) mass is 859 g/mol. The van der Waals surface area contributed by atoms with Crippen LogP contribution in [0.4, 0.5) is 0 Å². The van der Waals surface area contributed by atoms with Gasteiger partial charge in [0.1, 0.15) is 0 Å². The Kier molecular flexibility index (Phi) is 9.35. The largest absolute Gasteiger partial charge is 0.0947 e. The van der Waals surface area contributed by atoms with Crippen molar-refractivity contribution < 1.29 is 0 Å². The highest BCUT2D eigenvalue weighted by Crippen LogP contribution is 2.75. The molecule has 0 saturated heterocycles. The van der Waals surface area contributed by atoms with Gasteiger partial charge in [0.25, 0.3) is 0 Å². The first kappa shape index (κ1) is 38.6. The highest BCUT2D eigenvalue weighted by atomic mass is 31.1. The fourth-order valence-electron chi connectivity index (χ4n) is 21.7. The lowest BCUT2D eigenvalue weighted by Crippen LogP contribution is -2.53. The predicted octanol–water partition coefficient (Wildman–Crippen LogP) is 16.3. The van der Waals surface area contributed by atoms with E-state index in [0.717, 1.165) is 117 Å². The van der Waals surface area contributed by atoms with Crippen LogP contribution in [-0.2, 0) is 12.3 Å². The molecule has 0 N–H and O–H groups in total. The smallest absolute Gasteiger partial charge is 0.00647 e. The van der Waals surface area contributed by atoms with Gasteiger partial charge in [-0.15, -0.1) is 0 Å². The molecule has 326 valence electrons. The summed E-state index contributed by atoms with van der Waals surface area (Å²) >= 11 is 0. The molecule has 2 heteroatoms. The van der Waals surface area contributed by atoms with Gasteiger partial charge < -0.3 is 0 Å². The molecule has 0 nitrogen and oxygen atoms in total. The average Bonchev–Trinajstić information content (AvgIpc) is 3.25. The predicted molar refractivity (Wildman–Crippen MR) is 262 cm³/mol. The maximum atomic E-state index is 2.94. The van der Waals surface area contributed by atoms with Crippen molar-refractivity contribution >= 4 is 15.8 Å². The minimum absolute atomic E-state index is 0.0644. The van der Waals surface area contributed by atoms with Crippen LogP contribution in [0.5, 0.6) is 0 Å². The maximum absolute atomic E-state index is 2.94. The summed E-state index contributed by atoms with van der Waals surface area (Å²) in [7, 11) is -0.129. The number of benzene rings is 3. The van der Waals surface area contributed by atoms with Gasteiger partial charge in [-0.2, -0.15) is 0 Å². The molecule has 19 rings (SSSR count). The standard InChI is InChI=1S/C60H76P2/c1-3-7-43(8-4-1)55-31-53(33-61(57-45-15-35-11-36(17-45)18-46(57)16-35)58-47-19-37-12-38(21-47)22-48(58)20-37)54(32-56(55)44-9-5-2-6-10-44)34-62(59-49-23-39-13-40(25-49)26-50(59)24-39)60-51-27-41-14-42(29-51)30-52(60)28-41/h1-10,31-32,35-42,45-52,57-60H,11-30,33-34H2. The molecule has 0 radical (unpaired) electrons. The van der Waals surface area contributed by atoms with Gasteiger partial charge in [0, 0.05) is 0 Å². The molecule has 3 aromatic rings. The van der Waals surface area contributed by atoms with E-state index in [4.69, 9.17) is 0 Å². The summed E-state index contributed by atoms with van der Waals surface area (Å²) < 4.78 is 0. The summed E-state index contributed by atoms with van der Waals surface area (Å²) in [4.78, 5) is 0. The first-order valence-corrected chi connectivity index (χ1v) is 30.7. The van der Waals surface area contributed by atoms with Gasteiger partial charge in [-0.3, -0.25) is 0 Å². The molecule has 16 aliphatic carbocycles. The molecule has 16 aliphatic rings. The maximum Gasteiger partial charge on any atom is -0.00647 e. The van der Waals surface area contributed by atoms with E-state index >= 15 is 0 Å². The highest BCUT2D eigenvalue weighted by molar-refractivity contribution is 7.59. The number of hydrogen-bond donors (Lipinski definition) is 0. The van der Waals surface area contributed by atoms with Crippen LogP contribution < -0.4 is 0 Å². The molecule has 3 aromatic carbocycles. The van der Waals surface area contributed by atoms with Crippen LogP contribution in [0, 0.1) is 94.7 Å². The summed E-state index contributed by atoms with van der Waals surface area (Å²) in [5.41, 5.74) is 14.1. The Hall–Kier alpha value is -1.48. The van der Waals surface area contributed by atoms with E-state index < -0.39 is 0 Å². The summed E-state index contributed by atoms with van der Waals surface area (Å²) in [6, 6.07) is 29.5. The lowest BCUT2D eigenvalue weighted by atomic mass is 9.55. The molecule has 62 heavy (non-hydrogen) atoms. The summed E-state index contributed by atoms with van der Waals surface area (Å²) in [6.07, 6.45) is 35.2. The number of hydrogen-bond acceptors (Lipinski definition) is 0. The van der Waals surface area contributed by atoms with Crippen molar-refractivity contribution in [1.29, 1.82) is 0 Å². The van der Waals surface area contributed by atoms with Crippen molar-refractivity contribution in [3.8, 4) is 22.3 Å². The van der Waals surface area contributed by atoms with E-state index in [2.05, 4.69) is 72.8 Å². The van der Waals surface area contributed by atoms with Gasteiger partial charge in [0.05, 0.1) is 0 Å². The minimum atomic E-state index is -0.0644. The molecule has 0 atom stereocenters. The van der Waals surface area contributed by atoms with Crippen LogP contribution in [-0.4, -0.2) is 22.6 Å². The van der Waals surface area contributed by atoms with Gasteiger partial charge in [-0.1, -0.05) is 76.5 Å². The van der Waals surface area contributed by atoms with E-state index in [-0.39, 0.29) is 15.8 Å². The van der Waals surface area contributed by atoms with Crippen LogP contribution in [0.3, 0.4) is 0 Å². The first-order valence-electron chi connectivity index (χ1n) is 27.3. The molecule has 0 amide bonds. The molecular weight excluding hydrogens is 783 g/mol. The highest BCUT2D eigenvalue weighted by Gasteiger charge is 2.59. The van der Waals surface area contributed by atoms with E-state index in [1.165, 1.54) is 23.5 Å². The molecule has 0 heterocycles. The van der Waals surface area contributed by atoms with Crippen molar-refractivity contribution in [2.24, 2.45) is 94.7 Å². The summed E-state index contributed by atoms with van der Waals surface area (Å²) in [5, 5.41) is 0. The number of rotatable bonds is 10. The van der Waals surface area contributed by atoms with Gasteiger partial charge in [-0.25, -0.2) is 0 Å². The quantitative estimate of drug-likeness (QED) is 0.178. The fourth-order valence-corrected chi connectivity index (χ4v) is 31.0. The molecule has 0 aliphatic heterocycles. The third-order valence-electron chi connectivity index (χ3n) is 22.5. The lowest BCUT2D eigenvalue weighted by Gasteiger charge is -2.62. The molecule has 16 bridgehead atoms. The zero-order valence-corrected chi connectivity index (χ0v) is 39.7. The Balaban J connectivity index is 0.896. The second-order valence-corrected chi connectivity index (χ2v) is 31.0. The topological polar surface area (TPSA) is 0 Å². The third-order valence-corrected chi connectivity index (χ3v) is 30.3.